The van der Waals surface area contributed by atoms with Gasteiger partial charge in [0, 0.05) is 65.4 Å². The van der Waals surface area contributed by atoms with Gasteiger partial charge in [0.15, 0.2) is 6.23 Å². The molecule has 31 nitrogen and oxygen atoms in total. The first-order chi connectivity index (χ1) is 54.5. The monoisotopic (exact) mass is 1640 g/mol. The molecule has 12 N–H and O–H groups in total. The van der Waals surface area contributed by atoms with Crippen molar-refractivity contribution in [3.8, 4) is 0 Å². The van der Waals surface area contributed by atoms with Gasteiger partial charge in [0.25, 0.3) is 0 Å². The predicted molar refractivity (Wildman–Crippen MR) is 443 cm³/mol. The first-order valence-corrected chi connectivity index (χ1v) is 43.4. The van der Waals surface area contributed by atoms with Crippen LogP contribution in [-0.4, -0.2) is 209 Å². The molecule has 1 saturated heterocycles. The number of rotatable bonds is 64. The van der Waals surface area contributed by atoms with Gasteiger partial charge in [-0.1, -0.05) is 175 Å². The number of hydrogen-bond acceptors (Lipinski definition) is 20. The molecule has 1 aliphatic heterocycles. The molecule has 31 heteroatoms. The molecule has 0 aromatic heterocycles. The summed E-state index contributed by atoms with van der Waals surface area (Å²) in [6.07, 6.45) is 18.8. The molecule has 0 radical (unpaired) electrons. The highest BCUT2D eigenvalue weighted by Gasteiger charge is 2.49. The largest absolute Gasteiger partial charge is 0.444 e. The number of carbonyl (C=O) groups excluding carboxylic acids is 11. The van der Waals surface area contributed by atoms with Crippen molar-refractivity contribution in [3.05, 3.63) is 0 Å². The molecule has 668 valence electrons. The van der Waals surface area contributed by atoms with Gasteiger partial charge in [0.05, 0.1) is 19.7 Å². The lowest BCUT2D eigenvalue weighted by Gasteiger charge is -2.46. The van der Waals surface area contributed by atoms with Crippen LogP contribution < -0.4 is 58.9 Å². The van der Waals surface area contributed by atoms with Crippen molar-refractivity contribution >= 4 is 65.7 Å². The van der Waals surface area contributed by atoms with E-state index in [0.29, 0.717) is 44.9 Å². The normalized spacial score (nSPS) is 16.5. The third-order valence-corrected chi connectivity index (χ3v) is 18.1. The van der Waals surface area contributed by atoms with Gasteiger partial charge in [-0.25, -0.2) is 19.2 Å². The molecule has 11 amide bonds. The van der Waals surface area contributed by atoms with E-state index < -0.39 is 150 Å². The minimum Gasteiger partial charge on any atom is -0.444 e. The van der Waals surface area contributed by atoms with Crippen molar-refractivity contribution in [3.63, 3.8) is 0 Å². The van der Waals surface area contributed by atoms with Crippen molar-refractivity contribution in [2.45, 2.75) is 400 Å². The van der Waals surface area contributed by atoms with Crippen LogP contribution in [0.15, 0.2) is 0 Å². The zero-order chi connectivity index (χ0) is 85.9. The van der Waals surface area contributed by atoms with Crippen LogP contribution in [0.5, 0.6) is 0 Å². The van der Waals surface area contributed by atoms with E-state index >= 15 is 0 Å². The van der Waals surface area contributed by atoms with E-state index in [1.807, 2.05) is 0 Å². The van der Waals surface area contributed by atoms with Gasteiger partial charge in [-0.15, -0.1) is 0 Å². The van der Waals surface area contributed by atoms with Crippen LogP contribution in [-0.2, 0) is 76.2 Å². The number of nitrogens with one attached hydrogen (secondary N) is 10. The number of nitrogens with two attached hydrogens (primary N) is 1. The van der Waals surface area contributed by atoms with Gasteiger partial charge in [-0.05, 0) is 141 Å². The Morgan fingerprint density at radius 3 is 1.04 bits per heavy atom. The summed E-state index contributed by atoms with van der Waals surface area (Å²) in [5.74, 6) is -4.00. The van der Waals surface area contributed by atoms with Crippen LogP contribution in [0.1, 0.15) is 329 Å². The average Bonchev–Trinajstić information content (AvgIpc) is 0.789. The van der Waals surface area contributed by atoms with E-state index in [-0.39, 0.29) is 104 Å². The maximum absolute atomic E-state index is 14.4. The van der Waals surface area contributed by atoms with E-state index in [9.17, 15) is 52.7 Å². The van der Waals surface area contributed by atoms with Crippen molar-refractivity contribution < 1.29 is 95.4 Å². The van der Waals surface area contributed by atoms with Crippen LogP contribution in [0.2, 0.25) is 0 Å². The highest BCUT2D eigenvalue weighted by Crippen LogP contribution is 2.29. The standard InChI is InChI=1S/C84H157N11O20/c1-16-19-22-25-28-31-34-37-46-62(73(100)91-60-69(99)93-64(48-39-36-33-30-27-24-21-18-3)75(102)94-63(74(101)90-59-66(85)96)47-38-35-32-29-26-23-20-17-2)92-67(97)49-40-41-50-68(98)95-76-72(110-58-45-54-89-80(106)115-84(13,14)15)71(109-57-44-53-88-79(105)114-83(10,11)12)70(108-56-43-52-87-78(104)113-82(7,8)9)65(111-76)61-107-55-42-51-86-77(103)112-81(4,5)6/h62-65,70-72,76H,16-61H2,1-15H3,(H2,85,96)(H,86,103)(H,87,104)(H,88,105)(H,89,106)(H,90,101)(H,91,100)(H,92,97)(H,93,99)(H,94,102)(H,95,98)/t62-,63-,64-,65+,70-,71-,72+,76+/m0/s1. The number of alkyl carbamates (subject to hydrolysis) is 4. The Bertz CT molecular complexity index is 2720. The number of amides is 11. The molecule has 0 bridgehead atoms. The number of unbranched alkanes of at least 4 members (excludes halogenated alkanes) is 22. The van der Waals surface area contributed by atoms with Gasteiger partial charge in [-0.2, -0.15) is 0 Å². The number of carbonyl (C=O) groups is 11. The lowest BCUT2D eigenvalue weighted by molar-refractivity contribution is -0.270. The summed E-state index contributed by atoms with van der Waals surface area (Å²) < 4.78 is 54.7. The van der Waals surface area contributed by atoms with E-state index in [0.717, 1.165) is 116 Å². The summed E-state index contributed by atoms with van der Waals surface area (Å²) in [5, 5.41) is 27.8. The Kier molecular flexibility index (Phi) is 57.6. The molecule has 1 aliphatic rings. The van der Waals surface area contributed by atoms with Gasteiger partial charge in [0.2, 0.25) is 41.4 Å². The SMILES string of the molecule is CCCCCCCCCC[C@H](NC(=O)CCCCC(=O)N[C@@H]1O[C@H](COCCCNC(=O)OC(C)(C)C)[C@H](OCCCNC(=O)OC(C)(C)C)[C@H](OCCCNC(=O)OC(C)(C)C)[C@H]1OCCCNC(=O)OC(C)(C)C)C(=O)NCC(=O)N[C@@H](CCCCCCCCCC)C(=O)N[C@@H](CCCCCCCCCC)C(=O)NCC(N)=O. The van der Waals surface area contributed by atoms with Crippen LogP contribution in [0.25, 0.3) is 0 Å². The molecular formula is C84H157N11O20. The topological polar surface area (TPSA) is 417 Å². The number of ether oxygens (including phenoxy) is 9. The predicted octanol–water partition coefficient (Wildman–Crippen LogP) is 12.0. The summed E-state index contributed by atoms with van der Waals surface area (Å²) >= 11 is 0. The zero-order valence-corrected chi connectivity index (χ0v) is 73.4. The van der Waals surface area contributed by atoms with E-state index in [1.54, 1.807) is 83.1 Å². The van der Waals surface area contributed by atoms with Crippen LogP contribution in [0, 0.1) is 0 Å². The minimum atomic E-state index is -1.22. The lowest BCUT2D eigenvalue weighted by atomic mass is 9.97. The third-order valence-electron chi connectivity index (χ3n) is 18.1. The zero-order valence-electron chi connectivity index (χ0n) is 73.4. The summed E-state index contributed by atoms with van der Waals surface area (Å²) in [7, 11) is 0. The minimum absolute atomic E-state index is 0.0123. The first-order valence-electron chi connectivity index (χ1n) is 43.4. The first kappa shape index (κ1) is 106. The molecule has 8 atom stereocenters. The molecule has 0 saturated carbocycles. The molecule has 1 rings (SSSR count). The lowest BCUT2D eigenvalue weighted by Crippen LogP contribution is -2.65. The van der Waals surface area contributed by atoms with E-state index in [1.165, 1.54) is 19.3 Å². The fourth-order valence-electron chi connectivity index (χ4n) is 12.4. The molecular weight excluding hydrogens is 1480 g/mol. The second-order valence-electron chi connectivity index (χ2n) is 34.1. The van der Waals surface area contributed by atoms with E-state index in [2.05, 4.69) is 73.9 Å². The Morgan fingerprint density at radius 1 is 0.339 bits per heavy atom. The van der Waals surface area contributed by atoms with Crippen molar-refractivity contribution in [2.75, 3.05) is 72.3 Å². The Hall–Kier alpha value is -6.83. The highest BCUT2D eigenvalue weighted by molar-refractivity contribution is 5.95. The molecule has 115 heavy (non-hydrogen) atoms. The molecule has 1 fully saturated rings. The maximum atomic E-state index is 14.4. The van der Waals surface area contributed by atoms with Crippen molar-refractivity contribution in [2.24, 2.45) is 5.73 Å². The summed E-state index contributed by atoms with van der Waals surface area (Å²) in [4.78, 5) is 146. The van der Waals surface area contributed by atoms with Gasteiger partial charge in [-0.3, -0.25) is 33.6 Å². The molecule has 0 aliphatic carbocycles. The molecule has 0 aromatic rings. The Balaban J connectivity index is 3.62. The molecule has 0 unspecified atom stereocenters. The molecule has 0 spiro atoms. The number of primary amides is 1. The van der Waals surface area contributed by atoms with Gasteiger partial charge in [0.1, 0.15) is 64.9 Å². The quantitative estimate of drug-likeness (QED) is 0.0199. The van der Waals surface area contributed by atoms with Gasteiger partial charge < -0.3 is 102 Å². The maximum Gasteiger partial charge on any atom is 0.407 e. The van der Waals surface area contributed by atoms with Gasteiger partial charge >= 0.3 is 24.4 Å². The fourth-order valence-corrected chi connectivity index (χ4v) is 12.4. The fraction of sp³-hybridized carbons (Fsp3) is 0.869. The van der Waals surface area contributed by atoms with Crippen LogP contribution in [0.4, 0.5) is 19.2 Å². The third kappa shape index (κ3) is 59.5. The van der Waals surface area contributed by atoms with Crippen molar-refractivity contribution in [1.82, 2.24) is 53.2 Å². The Labute approximate surface area is 689 Å². The van der Waals surface area contributed by atoms with E-state index in [4.69, 9.17) is 48.4 Å². The van der Waals surface area contributed by atoms with Crippen LogP contribution in [0.3, 0.4) is 0 Å². The second-order valence-corrected chi connectivity index (χ2v) is 34.1. The second kappa shape index (κ2) is 62.4. The highest BCUT2D eigenvalue weighted by atomic mass is 16.6. The smallest absolute Gasteiger partial charge is 0.407 e. The number of hydrogen-bond donors (Lipinski definition) is 11. The average molecular weight is 1640 g/mol. The molecule has 0 aromatic carbocycles. The summed E-state index contributed by atoms with van der Waals surface area (Å²) in [6, 6.07) is -3.06. The molecule has 1 heterocycles. The summed E-state index contributed by atoms with van der Waals surface area (Å²) in [6.45, 7) is 27.5. The van der Waals surface area contributed by atoms with Crippen LogP contribution >= 0.6 is 0 Å². The summed E-state index contributed by atoms with van der Waals surface area (Å²) in [5.41, 5.74) is 2.44. The van der Waals surface area contributed by atoms with Crippen molar-refractivity contribution in [1.29, 1.82) is 0 Å². The Morgan fingerprint density at radius 2 is 0.661 bits per heavy atom.